The maximum absolute atomic E-state index is 14.4. The van der Waals surface area contributed by atoms with E-state index in [1.165, 1.54) is 7.05 Å². The van der Waals surface area contributed by atoms with Crippen molar-refractivity contribution in [1.82, 2.24) is 15.3 Å². The van der Waals surface area contributed by atoms with Crippen molar-refractivity contribution in [3.8, 4) is 11.1 Å². The lowest BCUT2D eigenvalue weighted by Crippen LogP contribution is -2.35. The number of nitrogens with one attached hydrogen (secondary N) is 1. The maximum Gasteiger partial charge on any atom is 0.406 e. The molecule has 2 heterocycles. The third-order valence-corrected chi connectivity index (χ3v) is 4.63. The van der Waals surface area contributed by atoms with Gasteiger partial charge in [0.05, 0.1) is 12.3 Å². The number of piperidine rings is 1. The van der Waals surface area contributed by atoms with Crippen molar-refractivity contribution in [2.45, 2.75) is 19.4 Å². The van der Waals surface area contributed by atoms with Crippen molar-refractivity contribution in [1.29, 1.82) is 0 Å². The van der Waals surface area contributed by atoms with Gasteiger partial charge in [0.1, 0.15) is 12.4 Å². The smallest absolute Gasteiger partial charge is 0.406 e. The Kier molecular flexibility index (Phi) is 7.50. The number of aromatic nitrogens is 2. The topological polar surface area (TPSA) is 109 Å². The van der Waals surface area contributed by atoms with Gasteiger partial charge in [0.25, 0.3) is 0 Å². The van der Waals surface area contributed by atoms with E-state index in [4.69, 9.17) is 9.57 Å². The molecule has 0 aliphatic carbocycles. The molecule has 30 heavy (non-hydrogen) atoms. The molecule has 1 aliphatic rings. The molecule has 1 aliphatic heterocycles. The molecule has 9 nitrogen and oxygen atoms in total. The summed E-state index contributed by atoms with van der Waals surface area (Å²) in [5, 5.41) is 15.7. The van der Waals surface area contributed by atoms with Gasteiger partial charge >= 0.3 is 6.09 Å². The summed E-state index contributed by atoms with van der Waals surface area (Å²) in [5.74, 6) is 0.104. The van der Waals surface area contributed by atoms with Crippen molar-refractivity contribution in [2.24, 2.45) is 5.16 Å². The van der Waals surface area contributed by atoms with Crippen LogP contribution in [-0.4, -0.2) is 60.2 Å². The fourth-order valence-electron chi connectivity index (χ4n) is 2.99. The maximum atomic E-state index is 14.4. The number of rotatable bonds is 7. The highest BCUT2D eigenvalue weighted by atomic mass is 19.1. The van der Waals surface area contributed by atoms with Crippen LogP contribution >= 0.6 is 0 Å². The van der Waals surface area contributed by atoms with Crippen LogP contribution in [0.2, 0.25) is 0 Å². The highest BCUT2D eigenvalue weighted by Gasteiger charge is 2.18. The normalized spacial score (nSPS) is 13.7. The number of nitrogens with zero attached hydrogens (tertiary/aromatic N) is 4. The zero-order valence-electron chi connectivity index (χ0n) is 16.7. The monoisotopic (exact) mass is 417 g/mol. The first kappa shape index (κ1) is 21.4. The fraction of sp³-hybridized carbons (Fsp3) is 0.400. The fourth-order valence-corrected chi connectivity index (χ4v) is 2.99. The average Bonchev–Trinajstić information content (AvgIpc) is 2.79. The van der Waals surface area contributed by atoms with Crippen molar-refractivity contribution in [3.63, 3.8) is 0 Å². The van der Waals surface area contributed by atoms with Crippen molar-refractivity contribution in [2.75, 3.05) is 38.3 Å². The van der Waals surface area contributed by atoms with Gasteiger partial charge in [-0.1, -0.05) is 23.4 Å². The lowest BCUT2D eigenvalue weighted by molar-refractivity contribution is 0.0769. The lowest BCUT2D eigenvalue weighted by atomic mass is 10.1. The van der Waals surface area contributed by atoms with Crippen LogP contribution in [0.1, 0.15) is 18.4 Å². The summed E-state index contributed by atoms with van der Waals surface area (Å²) in [7, 11) is 1.49. The van der Waals surface area contributed by atoms with Crippen LogP contribution in [0.25, 0.3) is 11.1 Å². The molecule has 1 aromatic carbocycles. The van der Waals surface area contributed by atoms with Gasteiger partial charge in [0.15, 0.2) is 6.61 Å². The van der Waals surface area contributed by atoms with Gasteiger partial charge in [-0.3, -0.25) is 0 Å². The largest absolute Gasteiger partial charge is 0.446 e. The van der Waals surface area contributed by atoms with E-state index in [2.05, 4.69) is 20.4 Å². The second kappa shape index (κ2) is 10.5. The van der Waals surface area contributed by atoms with Gasteiger partial charge in [-0.2, -0.15) is 0 Å². The van der Waals surface area contributed by atoms with Gasteiger partial charge in [0, 0.05) is 62.1 Å². The Bertz CT molecular complexity index is 881. The number of aliphatic hydroxyl groups excluding tert-OH is 1. The molecule has 0 radical (unpaired) electrons. The number of amides is 1. The molecule has 160 valence electrons. The molecule has 2 aromatic rings. The quantitative estimate of drug-likeness (QED) is 0.524. The first-order valence-electron chi connectivity index (χ1n) is 9.60. The number of hydrogen-bond donors (Lipinski definition) is 2. The molecule has 1 saturated heterocycles. The molecular formula is C20H24FN5O4. The third kappa shape index (κ3) is 5.41. The van der Waals surface area contributed by atoms with E-state index in [1.807, 2.05) is 4.90 Å². The standard InChI is InChI=1S/C20H24FN5O4/c1-22-20(28)29-9-10-30-25-16-5-7-26(8-6-16)19-23-11-15(12-24-19)17-4-2-3-14(13-27)18(17)21/h2-4,11-12,27H,5-10,13H2,1H3,(H,22,28). The summed E-state index contributed by atoms with van der Waals surface area (Å²) in [4.78, 5) is 26.9. The summed E-state index contributed by atoms with van der Waals surface area (Å²) in [6, 6.07) is 4.87. The summed E-state index contributed by atoms with van der Waals surface area (Å²) < 4.78 is 19.2. The van der Waals surface area contributed by atoms with Gasteiger partial charge in [-0.05, 0) is 0 Å². The number of oxime groups is 1. The SMILES string of the molecule is CNC(=O)OCCON=C1CCN(c2ncc(-c3cccc(CO)c3F)cn2)CC1. The molecule has 1 fully saturated rings. The molecule has 2 N–H and O–H groups in total. The second-order valence-electron chi connectivity index (χ2n) is 6.57. The first-order valence-corrected chi connectivity index (χ1v) is 9.60. The highest BCUT2D eigenvalue weighted by Crippen LogP contribution is 2.25. The van der Waals surface area contributed by atoms with Crippen LogP contribution in [0.5, 0.6) is 0 Å². The van der Waals surface area contributed by atoms with E-state index >= 15 is 0 Å². The molecule has 0 unspecified atom stereocenters. The van der Waals surface area contributed by atoms with Gasteiger partial charge in [-0.25, -0.2) is 19.2 Å². The molecule has 1 aromatic heterocycles. The Morgan fingerprint density at radius 3 is 2.67 bits per heavy atom. The van der Waals surface area contributed by atoms with E-state index in [1.54, 1.807) is 30.6 Å². The summed E-state index contributed by atoms with van der Waals surface area (Å²) >= 11 is 0. The highest BCUT2D eigenvalue weighted by molar-refractivity contribution is 5.86. The van der Waals surface area contributed by atoms with Gasteiger partial charge in [0.2, 0.25) is 5.95 Å². The van der Waals surface area contributed by atoms with Crippen molar-refractivity contribution in [3.05, 3.63) is 42.0 Å². The second-order valence-corrected chi connectivity index (χ2v) is 6.57. The average molecular weight is 417 g/mol. The number of hydrogen-bond acceptors (Lipinski definition) is 8. The van der Waals surface area contributed by atoms with E-state index in [9.17, 15) is 14.3 Å². The summed E-state index contributed by atoms with van der Waals surface area (Å²) in [6.07, 6.45) is 4.07. The minimum Gasteiger partial charge on any atom is -0.446 e. The Hall–Kier alpha value is -3.27. The molecule has 3 rings (SSSR count). The van der Waals surface area contributed by atoms with Crippen LogP contribution in [0.15, 0.2) is 35.7 Å². The predicted octanol–water partition coefficient (Wildman–Crippen LogP) is 2.10. The summed E-state index contributed by atoms with van der Waals surface area (Å²) in [6.45, 7) is 1.33. The van der Waals surface area contributed by atoms with Gasteiger partial charge in [-0.15, -0.1) is 0 Å². The number of carbonyl (C=O) groups excluding carboxylic acids is 1. The van der Waals surface area contributed by atoms with Crippen LogP contribution < -0.4 is 10.2 Å². The molecule has 0 bridgehead atoms. The number of halogens is 1. The molecular weight excluding hydrogens is 393 g/mol. The number of ether oxygens (including phenoxy) is 1. The van der Waals surface area contributed by atoms with Crippen molar-refractivity contribution >= 4 is 17.8 Å². The minimum atomic E-state index is -0.505. The van der Waals surface area contributed by atoms with Crippen LogP contribution in [0, 0.1) is 5.82 Å². The molecule has 1 amide bonds. The Labute approximate surface area is 173 Å². The zero-order chi connectivity index (χ0) is 21.3. The Morgan fingerprint density at radius 2 is 2.00 bits per heavy atom. The summed E-state index contributed by atoms with van der Waals surface area (Å²) in [5.41, 5.74) is 2.07. The third-order valence-electron chi connectivity index (χ3n) is 4.63. The number of benzene rings is 1. The Balaban J connectivity index is 1.52. The molecule has 0 spiro atoms. The lowest BCUT2D eigenvalue weighted by Gasteiger charge is -2.27. The van der Waals surface area contributed by atoms with E-state index in [0.717, 1.165) is 5.71 Å². The number of alkyl carbamates (subject to hydrolysis) is 1. The van der Waals surface area contributed by atoms with Crippen LogP contribution in [0.4, 0.5) is 15.1 Å². The predicted molar refractivity (Wildman–Crippen MR) is 109 cm³/mol. The minimum absolute atomic E-state index is 0.130. The number of aliphatic hydroxyl groups is 1. The van der Waals surface area contributed by atoms with Crippen molar-refractivity contribution < 1.29 is 23.9 Å². The number of carbonyl (C=O) groups is 1. The van der Waals surface area contributed by atoms with E-state index < -0.39 is 11.9 Å². The van der Waals surface area contributed by atoms with E-state index in [0.29, 0.717) is 43.0 Å². The molecule has 0 saturated carbocycles. The van der Waals surface area contributed by atoms with Gasteiger partial charge < -0.3 is 24.9 Å². The first-order chi connectivity index (χ1) is 14.6. The number of anilines is 1. The Morgan fingerprint density at radius 1 is 1.27 bits per heavy atom. The zero-order valence-corrected chi connectivity index (χ0v) is 16.7. The molecule has 0 atom stereocenters. The molecule has 10 heteroatoms. The van der Waals surface area contributed by atoms with Crippen LogP contribution in [0.3, 0.4) is 0 Å². The van der Waals surface area contributed by atoms with Crippen LogP contribution in [-0.2, 0) is 16.2 Å². The van der Waals surface area contributed by atoms with E-state index in [-0.39, 0.29) is 25.4 Å².